The van der Waals surface area contributed by atoms with E-state index in [1.165, 1.54) is 15.3 Å². The molecule has 46 valence electrons. The monoisotopic (exact) mass is 326 g/mol. The van der Waals surface area contributed by atoms with Crippen LogP contribution in [0.1, 0.15) is 6.42 Å². The molecule has 3 heteroatoms. The van der Waals surface area contributed by atoms with Crippen molar-refractivity contribution in [2.45, 2.75) is 6.42 Å². The molecule has 0 atom stereocenters. The number of rotatable bonds is 4. The quantitative estimate of drug-likeness (QED) is 0.270. The first kappa shape index (κ1) is 8.42. The predicted octanol–water partition coefficient (Wildman–Crippen LogP) is -2.18. The Morgan fingerprint density at radius 1 is 1.57 bits per heavy atom. The van der Waals surface area contributed by atoms with Gasteiger partial charge < -0.3 is 0 Å². The van der Waals surface area contributed by atoms with Gasteiger partial charge in [-0.15, -0.1) is 0 Å². The number of alkyl halides is 3. The van der Waals surface area contributed by atoms with Crippen LogP contribution in [-0.4, -0.2) is 13.4 Å². The minimum absolute atomic E-state index is 0.395. The molecule has 0 rings (SSSR count). The molecule has 0 saturated carbocycles. The number of halogens is 2. The van der Waals surface area contributed by atoms with Gasteiger partial charge in [0, 0.05) is 0 Å². The van der Waals surface area contributed by atoms with E-state index in [0.29, 0.717) is 21.2 Å². The van der Waals surface area contributed by atoms with Crippen molar-refractivity contribution in [2.75, 3.05) is 13.4 Å². The van der Waals surface area contributed by atoms with Gasteiger partial charge in [-0.05, 0) is 0 Å². The van der Waals surface area contributed by atoms with Crippen LogP contribution in [-0.2, 0) is 0 Å². The summed E-state index contributed by atoms with van der Waals surface area (Å²) in [7, 11) is 0. The summed E-state index contributed by atoms with van der Waals surface area (Å²) in [5.74, 6) is 0. The Morgan fingerprint density at radius 2 is 2.29 bits per heavy atom. The predicted molar refractivity (Wildman–Crippen MR) is 37.4 cm³/mol. The first-order chi connectivity index (χ1) is 3.41. The first-order valence-corrected chi connectivity index (χ1v) is 6.79. The summed E-state index contributed by atoms with van der Waals surface area (Å²) >= 11 is 2.80. The van der Waals surface area contributed by atoms with Gasteiger partial charge in [0.1, 0.15) is 0 Å². The molecule has 7 heavy (non-hydrogen) atoms. The van der Waals surface area contributed by atoms with Crippen molar-refractivity contribution in [1.29, 1.82) is 0 Å². The van der Waals surface area contributed by atoms with E-state index in [1.807, 2.05) is 0 Å². The molecular weight excluding hydrogens is 316 g/mol. The Morgan fingerprint density at radius 3 is 2.71 bits per heavy atom. The zero-order valence-corrected chi connectivity index (χ0v) is 8.48. The van der Waals surface area contributed by atoms with Gasteiger partial charge in [-0.2, -0.15) is 0 Å². The molecule has 0 spiro atoms. The van der Waals surface area contributed by atoms with Gasteiger partial charge in [-0.25, -0.2) is 0 Å². The van der Waals surface area contributed by atoms with Crippen LogP contribution in [0.15, 0.2) is 0 Å². The van der Waals surface area contributed by atoms with E-state index < -0.39 is 0 Å². The van der Waals surface area contributed by atoms with E-state index in [4.69, 9.17) is 5.73 Å². The van der Waals surface area contributed by atoms with Crippen LogP contribution in [0.3, 0.4) is 0 Å². The molecular formula is C4H10I2N-. The Kier molecular flexibility index (Phi) is 8.93. The van der Waals surface area contributed by atoms with E-state index in [9.17, 15) is 0 Å². The van der Waals surface area contributed by atoms with Crippen molar-refractivity contribution in [2.24, 2.45) is 5.73 Å². The summed E-state index contributed by atoms with van der Waals surface area (Å²) in [6.45, 7) is 0. The summed E-state index contributed by atoms with van der Waals surface area (Å²) in [4.78, 5) is 0. The van der Waals surface area contributed by atoms with Gasteiger partial charge in [0.15, 0.2) is 0 Å². The van der Waals surface area contributed by atoms with E-state index >= 15 is 0 Å². The molecule has 0 heterocycles. The van der Waals surface area contributed by atoms with Gasteiger partial charge in [0.05, 0.1) is 0 Å². The average molecular weight is 326 g/mol. The van der Waals surface area contributed by atoms with Gasteiger partial charge in [-0.3, -0.25) is 0 Å². The zero-order chi connectivity index (χ0) is 5.54. The second kappa shape index (κ2) is 7.42. The molecule has 0 aromatic carbocycles. The van der Waals surface area contributed by atoms with Crippen molar-refractivity contribution < 1.29 is 21.2 Å². The van der Waals surface area contributed by atoms with E-state index in [0.717, 1.165) is 4.55 Å². The third-order valence-electron chi connectivity index (χ3n) is 0.510. The molecule has 0 aromatic heterocycles. The number of hydrogen-bond donors (Lipinski definition) is 1. The van der Waals surface area contributed by atoms with Crippen LogP contribution in [0.4, 0.5) is 0 Å². The molecule has 0 amide bonds. The molecule has 0 radical (unpaired) electrons. The van der Waals surface area contributed by atoms with Crippen molar-refractivity contribution in [3.8, 4) is 0 Å². The summed E-state index contributed by atoms with van der Waals surface area (Å²) < 4.78 is 3.69. The second-order valence-electron chi connectivity index (χ2n) is 1.07. The Bertz CT molecular complexity index is 28.9. The zero-order valence-electron chi connectivity index (χ0n) is 4.16. The van der Waals surface area contributed by atoms with Gasteiger partial charge in [0.25, 0.3) is 0 Å². The van der Waals surface area contributed by atoms with Crippen LogP contribution in [0.2, 0.25) is 0 Å². The topological polar surface area (TPSA) is 26.0 Å². The number of nitrogens with two attached hydrogens (primary N) is 1. The van der Waals surface area contributed by atoms with Gasteiger partial charge in [-0.1, -0.05) is 0 Å². The van der Waals surface area contributed by atoms with Crippen molar-refractivity contribution in [3.05, 3.63) is 0 Å². The van der Waals surface area contributed by atoms with Crippen LogP contribution in [0.5, 0.6) is 0 Å². The fourth-order valence-electron chi connectivity index (χ4n) is 0.222. The van der Waals surface area contributed by atoms with Crippen molar-refractivity contribution >= 4 is 22.6 Å². The fraction of sp³-hybridized carbons (Fsp3) is 1.00. The van der Waals surface area contributed by atoms with Crippen LogP contribution < -0.4 is 26.9 Å². The van der Waals surface area contributed by atoms with Crippen LogP contribution >= 0.6 is 22.6 Å². The third-order valence-corrected chi connectivity index (χ3v) is 3.42. The van der Waals surface area contributed by atoms with Gasteiger partial charge in [0.2, 0.25) is 0 Å². The maximum atomic E-state index is 5.32. The summed E-state index contributed by atoms with van der Waals surface area (Å²) in [6.07, 6.45) is 1.38. The maximum absolute atomic E-state index is 5.32. The van der Waals surface area contributed by atoms with Crippen LogP contribution in [0, 0.1) is 0 Å². The van der Waals surface area contributed by atoms with E-state index in [2.05, 4.69) is 22.6 Å². The fourth-order valence-corrected chi connectivity index (χ4v) is 3.42. The van der Waals surface area contributed by atoms with Crippen molar-refractivity contribution in [3.63, 3.8) is 0 Å². The molecule has 0 bridgehead atoms. The Hall–Kier alpha value is 1.42. The molecule has 0 fully saturated rings. The molecule has 0 unspecified atom stereocenters. The molecule has 0 aliphatic heterocycles. The first-order valence-electron chi connectivity index (χ1n) is 2.21. The normalized spacial score (nSPS) is 10.0. The molecule has 2 N–H and O–H groups in total. The molecule has 0 aliphatic carbocycles. The molecule has 0 saturated heterocycles. The van der Waals surface area contributed by atoms with E-state index in [-0.39, 0.29) is 0 Å². The van der Waals surface area contributed by atoms with Crippen molar-refractivity contribution in [1.82, 2.24) is 0 Å². The molecule has 0 aromatic rings. The second-order valence-corrected chi connectivity index (χ2v) is 5.19. The molecule has 1 nitrogen and oxygen atoms in total. The third kappa shape index (κ3) is 7.42. The summed E-state index contributed by atoms with van der Waals surface area (Å²) in [5.41, 5.74) is 5.32. The summed E-state index contributed by atoms with van der Waals surface area (Å²) in [5, 5.41) is 0. The standard InChI is InChI=1S/C4H10I2N/c5-2-1-3-6-4-7/h1-4,7H2/q-1. The minimum atomic E-state index is 0.395. The van der Waals surface area contributed by atoms with Gasteiger partial charge >= 0.3 is 69.4 Å². The SMILES string of the molecule is NC[I-]CCCI. The molecule has 0 aliphatic rings. The van der Waals surface area contributed by atoms with E-state index in [1.54, 1.807) is 0 Å². The summed E-state index contributed by atoms with van der Waals surface area (Å²) in [6, 6.07) is 0. The average Bonchev–Trinajstić information content (AvgIpc) is 1.69. The Labute approximate surface area is 68.8 Å². The van der Waals surface area contributed by atoms with Crippen LogP contribution in [0.25, 0.3) is 0 Å². The number of hydrogen-bond acceptors (Lipinski definition) is 1. The Balaban J connectivity index is 2.45.